The van der Waals surface area contributed by atoms with Crippen molar-refractivity contribution >= 4 is 5.91 Å². The number of likely N-dealkylation sites (tertiary alicyclic amines) is 1. The first-order valence-electron chi connectivity index (χ1n) is 8.97. The van der Waals surface area contributed by atoms with E-state index in [9.17, 15) is 4.79 Å². The minimum atomic E-state index is -0.0127. The number of rotatable bonds is 7. The van der Waals surface area contributed by atoms with Gasteiger partial charge in [0.25, 0.3) is 5.91 Å². The summed E-state index contributed by atoms with van der Waals surface area (Å²) in [7, 11) is 1.66. The molecule has 0 bridgehead atoms. The van der Waals surface area contributed by atoms with Gasteiger partial charge in [0.05, 0.1) is 7.11 Å². The van der Waals surface area contributed by atoms with Crippen LogP contribution in [0.15, 0.2) is 48.5 Å². The van der Waals surface area contributed by atoms with Crippen LogP contribution >= 0.6 is 0 Å². The highest BCUT2D eigenvalue weighted by molar-refractivity contribution is 5.94. The van der Waals surface area contributed by atoms with E-state index >= 15 is 0 Å². The van der Waals surface area contributed by atoms with Crippen molar-refractivity contribution in [1.82, 2.24) is 10.2 Å². The van der Waals surface area contributed by atoms with Crippen molar-refractivity contribution in [3.8, 4) is 5.75 Å². The Morgan fingerprint density at radius 1 is 1.00 bits per heavy atom. The van der Waals surface area contributed by atoms with Crippen LogP contribution in [0.2, 0.25) is 0 Å². The van der Waals surface area contributed by atoms with Gasteiger partial charge in [0.15, 0.2) is 0 Å². The zero-order chi connectivity index (χ0) is 17.5. The molecule has 1 N–H and O–H groups in total. The Bertz CT molecular complexity index is 674. The molecule has 0 atom stereocenters. The molecule has 2 aromatic rings. The summed E-state index contributed by atoms with van der Waals surface area (Å²) >= 11 is 0. The van der Waals surface area contributed by atoms with E-state index in [1.165, 1.54) is 37.1 Å². The predicted molar refractivity (Wildman–Crippen MR) is 100.0 cm³/mol. The largest absolute Gasteiger partial charge is 0.497 e. The monoisotopic (exact) mass is 338 g/mol. The van der Waals surface area contributed by atoms with Gasteiger partial charge in [0, 0.05) is 18.7 Å². The van der Waals surface area contributed by atoms with Crippen molar-refractivity contribution in [2.45, 2.75) is 25.8 Å². The van der Waals surface area contributed by atoms with E-state index in [1.54, 1.807) is 7.11 Å². The Kier molecular flexibility index (Phi) is 6.07. The van der Waals surface area contributed by atoms with Gasteiger partial charge >= 0.3 is 0 Å². The number of nitrogens with zero attached hydrogens (tertiary/aromatic N) is 1. The van der Waals surface area contributed by atoms with E-state index in [-0.39, 0.29) is 5.91 Å². The van der Waals surface area contributed by atoms with Crippen molar-refractivity contribution < 1.29 is 9.53 Å². The summed E-state index contributed by atoms with van der Waals surface area (Å²) in [6, 6.07) is 15.9. The average molecular weight is 338 g/mol. The van der Waals surface area contributed by atoms with Crippen LogP contribution in [0.1, 0.15) is 34.3 Å². The zero-order valence-electron chi connectivity index (χ0n) is 14.8. The van der Waals surface area contributed by atoms with Crippen molar-refractivity contribution in [3.05, 3.63) is 65.2 Å². The number of carbonyl (C=O) groups excluding carboxylic acids is 1. The minimum absolute atomic E-state index is 0.0127. The van der Waals surface area contributed by atoms with Crippen LogP contribution in [-0.4, -0.2) is 37.6 Å². The van der Waals surface area contributed by atoms with Gasteiger partial charge in [-0.3, -0.25) is 9.69 Å². The number of amides is 1. The lowest BCUT2D eigenvalue weighted by atomic mass is 10.1. The first-order chi connectivity index (χ1) is 12.2. The summed E-state index contributed by atoms with van der Waals surface area (Å²) in [4.78, 5) is 14.7. The van der Waals surface area contributed by atoms with Crippen LogP contribution < -0.4 is 10.1 Å². The van der Waals surface area contributed by atoms with Crippen LogP contribution in [0.5, 0.6) is 5.75 Å². The Balaban J connectivity index is 1.45. The number of hydrogen-bond donors (Lipinski definition) is 1. The fraction of sp³-hybridized carbons (Fsp3) is 0.381. The lowest BCUT2D eigenvalue weighted by Crippen LogP contribution is -2.25. The SMILES string of the molecule is COc1ccc(CCNC(=O)c2ccc(CN3CCCC3)cc2)cc1. The number of benzene rings is 2. The molecule has 0 spiro atoms. The van der Waals surface area contributed by atoms with E-state index < -0.39 is 0 Å². The predicted octanol–water partition coefficient (Wildman–Crippen LogP) is 3.26. The van der Waals surface area contributed by atoms with Crippen molar-refractivity contribution in [3.63, 3.8) is 0 Å². The van der Waals surface area contributed by atoms with Crippen LogP contribution in [0.4, 0.5) is 0 Å². The molecule has 1 fully saturated rings. The fourth-order valence-corrected chi connectivity index (χ4v) is 3.18. The van der Waals surface area contributed by atoms with Crippen molar-refractivity contribution in [1.29, 1.82) is 0 Å². The van der Waals surface area contributed by atoms with Crippen molar-refractivity contribution in [2.75, 3.05) is 26.7 Å². The van der Waals surface area contributed by atoms with E-state index in [2.05, 4.69) is 22.3 Å². The molecule has 4 heteroatoms. The van der Waals surface area contributed by atoms with Crippen LogP contribution in [0.25, 0.3) is 0 Å². The maximum atomic E-state index is 12.2. The lowest BCUT2D eigenvalue weighted by molar-refractivity contribution is 0.0954. The fourth-order valence-electron chi connectivity index (χ4n) is 3.18. The number of nitrogens with one attached hydrogen (secondary N) is 1. The highest BCUT2D eigenvalue weighted by atomic mass is 16.5. The van der Waals surface area contributed by atoms with Gasteiger partial charge in [-0.15, -0.1) is 0 Å². The summed E-state index contributed by atoms with van der Waals surface area (Å²) in [6.45, 7) is 3.99. The second kappa shape index (κ2) is 8.67. The number of ether oxygens (including phenoxy) is 1. The van der Waals surface area contributed by atoms with Gasteiger partial charge in [0.1, 0.15) is 5.75 Å². The number of carbonyl (C=O) groups is 1. The summed E-state index contributed by atoms with van der Waals surface area (Å²) in [5, 5.41) is 2.99. The molecule has 1 aliphatic rings. The molecule has 1 saturated heterocycles. The zero-order valence-corrected chi connectivity index (χ0v) is 14.8. The van der Waals surface area contributed by atoms with Crippen LogP contribution in [0.3, 0.4) is 0 Å². The van der Waals surface area contributed by atoms with E-state index in [4.69, 9.17) is 4.74 Å². The summed E-state index contributed by atoms with van der Waals surface area (Å²) < 4.78 is 5.15. The standard InChI is InChI=1S/C21H26N2O2/c1-25-20-10-6-17(7-11-20)12-13-22-21(24)19-8-4-18(5-9-19)16-23-14-2-3-15-23/h4-11H,2-3,12-16H2,1H3,(H,22,24). The molecule has 1 heterocycles. The second-order valence-electron chi connectivity index (χ2n) is 6.53. The highest BCUT2D eigenvalue weighted by Gasteiger charge is 2.12. The Labute approximate surface area is 149 Å². The maximum Gasteiger partial charge on any atom is 0.251 e. The average Bonchev–Trinajstić information content (AvgIpc) is 3.16. The minimum Gasteiger partial charge on any atom is -0.497 e. The number of methoxy groups -OCH3 is 1. The van der Waals surface area contributed by atoms with Gasteiger partial charge in [-0.05, 0) is 67.7 Å². The third-order valence-corrected chi connectivity index (χ3v) is 4.68. The van der Waals surface area contributed by atoms with E-state index in [0.29, 0.717) is 6.54 Å². The van der Waals surface area contributed by atoms with E-state index in [1.807, 2.05) is 36.4 Å². The maximum absolute atomic E-state index is 12.2. The number of hydrogen-bond acceptors (Lipinski definition) is 3. The summed E-state index contributed by atoms with van der Waals surface area (Å²) in [5.41, 5.74) is 3.18. The van der Waals surface area contributed by atoms with Gasteiger partial charge in [0.2, 0.25) is 0 Å². The van der Waals surface area contributed by atoms with Crippen molar-refractivity contribution in [2.24, 2.45) is 0 Å². The highest BCUT2D eigenvalue weighted by Crippen LogP contribution is 2.14. The van der Waals surface area contributed by atoms with Gasteiger partial charge in [-0.25, -0.2) is 0 Å². The Morgan fingerprint density at radius 3 is 2.28 bits per heavy atom. The van der Waals surface area contributed by atoms with Gasteiger partial charge in [-0.2, -0.15) is 0 Å². The summed E-state index contributed by atoms with van der Waals surface area (Å²) in [5.74, 6) is 0.836. The molecule has 4 nitrogen and oxygen atoms in total. The molecule has 1 aliphatic heterocycles. The smallest absolute Gasteiger partial charge is 0.251 e. The first-order valence-corrected chi connectivity index (χ1v) is 8.97. The molecule has 0 saturated carbocycles. The van der Waals surface area contributed by atoms with Crippen LogP contribution in [-0.2, 0) is 13.0 Å². The molecule has 0 unspecified atom stereocenters. The van der Waals surface area contributed by atoms with E-state index in [0.717, 1.165) is 24.3 Å². The topological polar surface area (TPSA) is 41.6 Å². The van der Waals surface area contributed by atoms with Gasteiger partial charge in [-0.1, -0.05) is 24.3 Å². The molecular weight excluding hydrogens is 312 g/mol. The molecule has 2 aromatic carbocycles. The molecule has 3 rings (SSSR count). The Morgan fingerprint density at radius 2 is 1.64 bits per heavy atom. The third kappa shape index (κ3) is 5.07. The summed E-state index contributed by atoms with van der Waals surface area (Å²) in [6.07, 6.45) is 3.41. The van der Waals surface area contributed by atoms with Crippen LogP contribution in [0, 0.1) is 0 Å². The normalized spacial score (nSPS) is 14.4. The first kappa shape index (κ1) is 17.5. The molecular formula is C21H26N2O2. The molecule has 0 aromatic heterocycles. The quantitative estimate of drug-likeness (QED) is 0.842. The third-order valence-electron chi connectivity index (χ3n) is 4.68. The Hall–Kier alpha value is -2.33. The molecule has 0 aliphatic carbocycles. The molecule has 0 radical (unpaired) electrons. The second-order valence-corrected chi connectivity index (χ2v) is 6.53. The molecule has 1 amide bonds. The lowest BCUT2D eigenvalue weighted by Gasteiger charge is -2.14. The molecule has 25 heavy (non-hydrogen) atoms. The van der Waals surface area contributed by atoms with Gasteiger partial charge < -0.3 is 10.1 Å². The molecule has 132 valence electrons.